The van der Waals surface area contributed by atoms with Crippen molar-refractivity contribution in [3.8, 4) is 0 Å². The molecule has 0 fully saturated rings. The lowest BCUT2D eigenvalue weighted by molar-refractivity contribution is -0.147. The Morgan fingerprint density at radius 2 is 1.27 bits per heavy atom. The third kappa shape index (κ3) is 27.5. The van der Waals surface area contributed by atoms with Crippen LogP contribution in [0.2, 0.25) is 0 Å². The number of hydrogen-bond donors (Lipinski definition) is 4. The molecule has 0 rings (SSSR count). The number of carboxylic acids is 1. The minimum absolute atomic E-state index is 0.0960. The van der Waals surface area contributed by atoms with Crippen LogP contribution in [0.1, 0.15) is 129 Å². The van der Waals surface area contributed by atoms with Crippen LogP contribution in [0.15, 0.2) is 24.3 Å². The van der Waals surface area contributed by atoms with Crippen molar-refractivity contribution in [2.75, 3.05) is 19.8 Å². The second kappa shape index (κ2) is 28.4. The summed E-state index contributed by atoms with van der Waals surface area (Å²) in [4.78, 5) is 44.4. The van der Waals surface area contributed by atoms with Gasteiger partial charge in [0.05, 0.1) is 13.2 Å². The number of phosphoric acid groups is 1. The van der Waals surface area contributed by atoms with Crippen LogP contribution in [0.3, 0.4) is 0 Å². The molecule has 0 saturated heterocycles. The fourth-order valence-corrected chi connectivity index (χ4v) is 4.92. The van der Waals surface area contributed by atoms with Crippen LogP contribution in [-0.4, -0.2) is 64.9 Å². The van der Waals surface area contributed by atoms with Crippen molar-refractivity contribution in [3.63, 3.8) is 0 Å². The number of amides is 1. The highest BCUT2D eigenvalue weighted by atomic mass is 31.2. The normalized spacial score (nSPS) is 14.5. The molecule has 0 aromatic carbocycles. The van der Waals surface area contributed by atoms with Gasteiger partial charge in [-0.3, -0.25) is 18.6 Å². The first-order chi connectivity index (χ1) is 21.1. The number of unbranched alkanes of at least 4 members (excludes halogenated alkanes) is 12. The van der Waals surface area contributed by atoms with E-state index in [1.54, 1.807) is 6.92 Å². The molecule has 0 saturated carbocycles. The molecule has 3 unspecified atom stereocenters. The van der Waals surface area contributed by atoms with E-state index in [9.17, 15) is 28.9 Å². The molecule has 0 heterocycles. The van der Waals surface area contributed by atoms with Gasteiger partial charge in [0, 0.05) is 12.8 Å². The summed E-state index contributed by atoms with van der Waals surface area (Å²) in [6.45, 7) is 2.07. The Balaban J connectivity index is 3.76. The second-order valence-electron chi connectivity index (χ2n) is 11.0. The molecule has 1 amide bonds. The van der Waals surface area contributed by atoms with E-state index in [-0.39, 0.29) is 12.8 Å². The number of aliphatic carboxylic acids is 1. The van der Waals surface area contributed by atoms with E-state index < -0.39 is 57.6 Å². The molecular weight excluding hydrogens is 589 g/mol. The molecule has 0 aromatic heterocycles. The van der Waals surface area contributed by atoms with Crippen LogP contribution in [0.5, 0.6) is 0 Å². The van der Waals surface area contributed by atoms with Crippen molar-refractivity contribution in [2.45, 2.75) is 142 Å². The molecule has 0 aliphatic rings. The molecule has 3 atom stereocenters. The summed E-state index contributed by atoms with van der Waals surface area (Å²) in [6.07, 6.45) is 25.8. The second-order valence-corrected chi connectivity index (χ2v) is 12.5. The SMILES string of the molecule is CCCCC/C=C\C/C=C\CCCCCCCCCCCC(=O)OCC(O)COP(=O)(O)OCC(NC(=O)CCC)C(=O)O. The van der Waals surface area contributed by atoms with Gasteiger partial charge in [-0.2, -0.15) is 0 Å². The molecule has 256 valence electrons. The van der Waals surface area contributed by atoms with Crippen molar-refractivity contribution < 1.29 is 47.8 Å². The Hall–Kier alpha value is -2.04. The van der Waals surface area contributed by atoms with Crippen molar-refractivity contribution in [1.82, 2.24) is 5.32 Å². The molecule has 0 aliphatic heterocycles. The number of rotatable bonds is 30. The molecule has 0 bridgehead atoms. The smallest absolute Gasteiger partial charge is 0.472 e. The number of carbonyl (C=O) groups is 3. The molecular formula is C32H58NO10P. The molecule has 4 N–H and O–H groups in total. The van der Waals surface area contributed by atoms with Crippen LogP contribution < -0.4 is 5.32 Å². The fraction of sp³-hybridized carbons (Fsp3) is 0.781. The van der Waals surface area contributed by atoms with Crippen molar-refractivity contribution in [3.05, 3.63) is 24.3 Å². The molecule has 11 nitrogen and oxygen atoms in total. The lowest BCUT2D eigenvalue weighted by Gasteiger charge is -2.18. The average Bonchev–Trinajstić information content (AvgIpc) is 2.98. The van der Waals surface area contributed by atoms with Gasteiger partial charge in [0.1, 0.15) is 12.7 Å². The van der Waals surface area contributed by atoms with Crippen LogP contribution in [0.25, 0.3) is 0 Å². The minimum atomic E-state index is -4.72. The zero-order valence-corrected chi connectivity index (χ0v) is 27.9. The lowest BCUT2D eigenvalue weighted by Crippen LogP contribution is -2.43. The van der Waals surface area contributed by atoms with E-state index >= 15 is 0 Å². The Morgan fingerprint density at radius 1 is 0.727 bits per heavy atom. The van der Waals surface area contributed by atoms with E-state index in [1.165, 1.54) is 57.8 Å². The average molecular weight is 648 g/mol. The number of esters is 1. The summed E-state index contributed by atoms with van der Waals surface area (Å²) < 4.78 is 26.2. The largest absolute Gasteiger partial charge is 0.480 e. The number of phosphoric ester groups is 1. The maximum absolute atomic E-state index is 12.0. The number of aliphatic hydroxyl groups excluding tert-OH is 1. The summed E-state index contributed by atoms with van der Waals surface area (Å²) in [7, 11) is -4.72. The number of carboxylic acid groups (broad SMARTS) is 1. The van der Waals surface area contributed by atoms with Gasteiger partial charge >= 0.3 is 19.8 Å². The number of ether oxygens (including phenoxy) is 1. The van der Waals surface area contributed by atoms with Gasteiger partial charge in [-0.1, -0.05) is 95.9 Å². The zero-order valence-electron chi connectivity index (χ0n) is 27.0. The molecule has 0 aromatic rings. The number of nitrogens with one attached hydrogen (secondary N) is 1. The van der Waals surface area contributed by atoms with Crippen LogP contribution >= 0.6 is 7.82 Å². The molecule has 0 spiro atoms. The highest BCUT2D eigenvalue weighted by molar-refractivity contribution is 7.47. The van der Waals surface area contributed by atoms with E-state index in [0.29, 0.717) is 12.8 Å². The van der Waals surface area contributed by atoms with Crippen molar-refractivity contribution in [1.29, 1.82) is 0 Å². The van der Waals surface area contributed by atoms with Gasteiger partial charge in [0.2, 0.25) is 5.91 Å². The van der Waals surface area contributed by atoms with Crippen LogP contribution in [-0.2, 0) is 32.7 Å². The molecule has 44 heavy (non-hydrogen) atoms. The third-order valence-corrected chi connectivity index (χ3v) is 7.66. The standard InChI is InChI=1S/C32H58NO10P/c1-3-5-6-7-8-9-10-11-12-13-14-15-16-17-18-19-20-21-22-24-31(36)41-25-28(34)26-42-44(39,40)43-27-29(32(37)38)33-30(35)23-4-2/h8-9,11-12,28-29,34H,3-7,10,13-27H2,1-2H3,(H,33,35)(H,37,38)(H,39,40)/b9-8-,12-11-. The van der Waals surface area contributed by atoms with Gasteiger partial charge in [-0.05, 0) is 44.9 Å². The van der Waals surface area contributed by atoms with Gasteiger partial charge in [-0.15, -0.1) is 0 Å². The van der Waals surface area contributed by atoms with Gasteiger partial charge in [0.25, 0.3) is 0 Å². The van der Waals surface area contributed by atoms with Gasteiger partial charge in [-0.25, -0.2) is 9.36 Å². The monoisotopic (exact) mass is 647 g/mol. The summed E-state index contributed by atoms with van der Waals surface area (Å²) in [5.41, 5.74) is 0. The first kappa shape index (κ1) is 42.0. The summed E-state index contributed by atoms with van der Waals surface area (Å²) in [6, 6.07) is -1.54. The Morgan fingerprint density at radius 3 is 1.84 bits per heavy atom. The Kier molecular flexibility index (Phi) is 27.1. The van der Waals surface area contributed by atoms with E-state index in [0.717, 1.165) is 32.1 Å². The maximum atomic E-state index is 12.0. The van der Waals surface area contributed by atoms with E-state index in [2.05, 4.69) is 45.6 Å². The molecule has 0 aliphatic carbocycles. The summed E-state index contributed by atoms with van der Waals surface area (Å²) >= 11 is 0. The summed E-state index contributed by atoms with van der Waals surface area (Å²) in [5, 5.41) is 21.2. The number of aliphatic hydroxyl groups is 1. The third-order valence-electron chi connectivity index (χ3n) is 6.71. The van der Waals surface area contributed by atoms with Crippen molar-refractivity contribution >= 4 is 25.7 Å². The quantitative estimate of drug-likeness (QED) is 0.0283. The van der Waals surface area contributed by atoms with Gasteiger partial charge in [0.15, 0.2) is 6.04 Å². The highest BCUT2D eigenvalue weighted by Crippen LogP contribution is 2.43. The topological polar surface area (TPSA) is 169 Å². The van der Waals surface area contributed by atoms with Crippen molar-refractivity contribution in [2.24, 2.45) is 0 Å². The Bertz CT molecular complexity index is 864. The van der Waals surface area contributed by atoms with Crippen LogP contribution in [0, 0.1) is 0 Å². The van der Waals surface area contributed by atoms with Crippen LogP contribution in [0.4, 0.5) is 0 Å². The van der Waals surface area contributed by atoms with E-state index in [4.69, 9.17) is 9.84 Å². The molecule has 0 radical (unpaired) electrons. The predicted molar refractivity (Wildman–Crippen MR) is 171 cm³/mol. The predicted octanol–water partition coefficient (Wildman–Crippen LogP) is 6.77. The summed E-state index contributed by atoms with van der Waals surface area (Å²) in [5.74, 6) is -2.45. The Labute approximate surface area is 264 Å². The minimum Gasteiger partial charge on any atom is -0.480 e. The maximum Gasteiger partial charge on any atom is 0.472 e. The number of hydrogen-bond acceptors (Lipinski definition) is 8. The number of allylic oxidation sites excluding steroid dienone is 4. The lowest BCUT2D eigenvalue weighted by atomic mass is 10.1. The zero-order chi connectivity index (χ0) is 32.9. The van der Waals surface area contributed by atoms with Gasteiger partial charge < -0.3 is 25.2 Å². The fourth-order valence-electron chi connectivity index (χ4n) is 4.15. The first-order valence-electron chi connectivity index (χ1n) is 16.4. The van der Waals surface area contributed by atoms with E-state index in [1.807, 2.05) is 0 Å². The molecule has 12 heteroatoms. The highest BCUT2D eigenvalue weighted by Gasteiger charge is 2.28. The number of carbonyl (C=O) groups excluding carboxylic acids is 2. The first-order valence-corrected chi connectivity index (χ1v) is 17.9.